The third kappa shape index (κ3) is 3.16. The molecule has 1 rings (SSSR count). The van der Waals surface area contributed by atoms with Crippen LogP contribution in [0.4, 0.5) is 5.82 Å². The van der Waals surface area contributed by atoms with Crippen LogP contribution in [0.5, 0.6) is 0 Å². The maximum absolute atomic E-state index is 11.7. The van der Waals surface area contributed by atoms with Crippen LogP contribution >= 0.6 is 0 Å². The Hall–Kier alpha value is -1.69. The van der Waals surface area contributed by atoms with E-state index < -0.39 is 5.97 Å². The molecule has 0 aromatic carbocycles. The van der Waals surface area contributed by atoms with Gasteiger partial charge in [0, 0.05) is 18.8 Å². The Morgan fingerprint density at radius 3 is 2.72 bits per heavy atom. The van der Waals surface area contributed by atoms with Crippen LogP contribution in [0.2, 0.25) is 0 Å². The molecule has 1 heterocycles. The Balaban J connectivity index is 3.25. The first-order valence-electron chi connectivity index (χ1n) is 5.80. The standard InChI is InChI=1S/C12H19N3O3/c1-8(2)15(5-6-16)11-10(12(17)18-4)7-13-9(3)14-11/h7-8,16H,5-6H2,1-4H3. The van der Waals surface area contributed by atoms with Gasteiger partial charge in [-0.1, -0.05) is 0 Å². The largest absolute Gasteiger partial charge is 0.465 e. The van der Waals surface area contributed by atoms with Crippen LogP contribution in [0.25, 0.3) is 0 Å². The number of anilines is 1. The van der Waals surface area contributed by atoms with Crippen molar-refractivity contribution in [3.8, 4) is 0 Å². The zero-order chi connectivity index (χ0) is 13.7. The van der Waals surface area contributed by atoms with Gasteiger partial charge in [-0.25, -0.2) is 14.8 Å². The van der Waals surface area contributed by atoms with Crippen molar-refractivity contribution in [2.24, 2.45) is 0 Å². The number of carbonyl (C=O) groups excluding carboxylic acids is 1. The van der Waals surface area contributed by atoms with E-state index in [0.29, 0.717) is 23.8 Å². The molecule has 0 saturated carbocycles. The Morgan fingerprint density at radius 2 is 2.22 bits per heavy atom. The number of hydrogen-bond donors (Lipinski definition) is 1. The van der Waals surface area contributed by atoms with E-state index in [1.165, 1.54) is 13.3 Å². The number of nitrogens with zero attached hydrogens (tertiary/aromatic N) is 3. The fourth-order valence-corrected chi connectivity index (χ4v) is 1.65. The van der Waals surface area contributed by atoms with E-state index in [4.69, 9.17) is 9.84 Å². The summed E-state index contributed by atoms with van der Waals surface area (Å²) in [4.78, 5) is 21.8. The lowest BCUT2D eigenvalue weighted by Gasteiger charge is -2.28. The zero-order valence-electron chi connectivity index (χ0n) is 11.2. The van der Waals surface area contributed by atoms with E-state index in [1.807, 2.05) is 18.7 Å². The highest BCUT2D eigenvalue weighted by atomic mass is 16.5. The molecule has 1 aromatic rings. The van der Waals surface area contributed by atoms with Gasteiger partial charge in [-0.05, 0) is 20.8 Å². The van der Waals surface area contributed by atoms with Crippen LogP contribution in [0.3, 0.4) is 0 Å². The molecular formula is C12H19N3O3. The van der Waals surface area contributed by atoms with Crippen LogP contribution in [0.1, 0.15) is 30.0 Å². The van der Waals surface area contributed by atoms with Crippen LogP contribution in [-0.2, 0) is 4.74 Å². The van der Waals surface area contributed by atoms with Gasteiger partial charge in [-0.2, -0.15) is 0 Å². The van der Waals surface area contributed by atoms with E-state index in [2.05, 4.69) is 9.97 Å². The van der Waals surface area contributed by atoms with Gasteiger partial charge < -0.3 is 14.7 Å². The van der Waals surface area contributed by atoms with Gasteiger partial charge >= 0.3 is 5.97 Å². The third-order valence-electron chi connectivity index (χ3n) is 2.53. The van der Waals surface area contributed by atoms with Crippen molar-refractivity contribution in [3.63, 3.8) is 0 Å². The van der Waals surface area contributed by atoms with Crippen LogP contribution in [0.15, 0.2) is 6.20 Å². The summed E-state index contributed by atoms with van der Waals surface area (Å²) in [5.74, 6) is 0.591. The number of ether oxygens (including phenoxy) is 1. The second kappa shape index (κ2) is 6.30. The third-order valence-corrected chi connectivity index (χ3v) is 2.53. The molecule has 0 saturated heterocycles. The fraction of sp³-hybridized carbons (Fsp3) is 0.583. The number of aliphatic hydroxyl groups is 1. The number of aliphatic hydroxyl groups excluding tert-OH is 1. The molecule has 1 N–H and O–H groups in total. The van der Waals surface area contributed by atoms with E-state index in [0.717, 1.165) is 0 Å². The van der Waals surface area contributed by atoms with Gasteiger partial charge in [0.1, 0.15) is 17.2 Å². The van der Waals surface area contributed by atoms with Crippen LogP contribution in [-0.4, -0.2) is 47.3 Å². The second-order valence-electron chi connectivity index (χ2n) is 4.16. The lowest BCUT2D eigenvalue weighted by molar-refractivity contribution is 0.0600. The SMILES string of the molecule is COC(=O)c1cnc(C)nc1N(CCO)C(C)C. The summed E-state index contributed by atoms with van der Waals surface area (Å²) in [6.07, 6.45) is 1.45. The van der Waals surface area contributed by atoms with Crippen molar-refractivity contribution < 1.29 is 14.6 Å². The minimum atomic E-state index is -0.478. The number of aromatic nitrogens is 2. The van der Waals surface area contributed by atoms with Crippen LogP contribution < -0.4 is 4.90 Å². The molecule has 6 nitrogen and oxygen atoms in total. The molecule has 0 fully saturated rings. The van der Waals surface area contributed by atoms with Gasteiger partial charge in [0.15, 0.2) is 0 Å². The maximum Gasteiger partial charge on any atom is 0.343 e. The summed E-state index contributed by atoms with van der Waals surface area (Å²) in [5.41, 5.74) is 0.310. The first-order chi connectivity index (χ1) is 8.51. The monoisotopic (exact) mass is 253 g/mol. The Bertz CT molecular complexity index is 421. The highest BCUT2D eigenvalue weighted by Crippen LogP contribution is 2.20. The molecule has 0 spiro atoms. The summed E-state index contributed by atoms with van der Waals surface area (Å²) in [7, 11) is 1.32. The number of methoxy groups -OCH3 is 1. The van der Waals surface area contributed by atoms with E-state index >= 15 is 0 Å². The molecule has 0 radical (unpaired) electrons. The number of hydrogen-bond acceptors (Lipinski definition) is 6. The lowest BCUT2D eigenvalue weighted by Crippen LogP contribution is -2.35. The van der Waals surface area contributed by atoms with Gasteiger partial charge in [-0.15, -0.1) is 0 Å². The first kappa shape index (κ1) is 14.4. The summed E-state index contributed by atoms with van der Waals surface area (Å²) in [5, 5.41) is 9.10. The van der Waals surface area contributed by atoms with Gasteiger partial charge in [0.25, 0.3) is 0 Å². The van der Waals surface area contributed by atoms with Gasteiger partial charge in [0.2, 0.25) is 0 Å². The van der Waals surface area contributed by atoms with Gasteiger partial charge in [-0.3, -0.25) is 0 Å². The minimum Gasteiger partial charge on any atom is -0.465 e. The fourth-order valence-electron chi connectivity index (χ4n) is 1.65. The number of rotatable bonds is 5. The predicted octanol–water partition coefficient (Wildman–Crippen LogP) is 0.779. The molecule has 0 atom stereocenters. The molecule has 0 aliphatic heterocycles. The molecule has 0 amide bonds. The summed E-state index contributed by atoms with van der Waals surface area (Å²) in [6.45, 7) is 6.07. The molecule has 18 heavy (non-hydrogen) atoms. The van der Waals surface area contributed by atoms with Crippen molar-refractivity contribution >= 4 is 11.8 Å². The second-order valence-corrected chi connectivity index (χ2v) is 4.16. The van der Waals surface area contributed by atoms with E-state index in [1.54, 1.807) is 6.92 Å². The topological polar surface area (TPSA) is 75.5 Å². The smallest absolute Gasteiger partial charge is 0.343 e. The van der Waals surface area contributed by atoms with Gasteiger partial charge in [0.05, 0.1) is 13.7 Å². The van der Waals surface area contributed by atoms with Crippen molar-refractivity contribution in [1.29, 1.82) is 0 Å². The quantitative estimate of drug-likeness (QED) is 0.781. The molecule has 0 unspecified atom stereocenters. The van der Waals surface area contributed by atoms with Crippen LogP contribution in [0, 0.1) is 6.92 Å². The minimum absolute atomic E-state index is 0.0121. The van der Waals surface area contributed by atoms with Crippen molar-refractivity contribution in [1.82, 2.24) is 9.97 Å². The highest BCUT2D eigenvalue weighted by molar-refractivity contribution is 5.94. The molecule has 6 heteroatoms. The summed E-state index contributed by atoms with van der Waals surface area (Å²) in [6, 6.07) is 0.106. The average molecular weight is 253 g/mol. The molecule has 0 aliphatic rings. The van der Waals surface area contributed by atoms with E-state index in [-0.39, 0.29) is 12.6 Å². The number of aryl methyl sites for hydroxylation is 1. The molecule has 0 aliphatic carbocycles. The molecule has 100 valence electrons. The van der Waals surface area contributed by atoms with Crippen molar-refractivity contribution in [2.45, 2.75) is 26.8 Å². The summed E-state index contributed by atoms with van der Waals surface area (Å²) < 4.78 is 4.72. The van der Waals surface area contributed by atoms with Crippen molar-refractivity contribution in [2.75, 3.05) is 25.2 Å². The number of esters is 1. The Kier molecular flexibility index (Phi) is 5.03. The van der Waals surface area contributed by atoms with Crippen molar-refractivity contribution in [3.05, 3.63) is 17.6 Å². The number of carbonyl (C=O) groups is 1. The molecule has 0 bridgehead atoms. The zero-order valence-corrected chi connectivity index (χ0v) is 11.2. The Morgan fingerprint density at radius 1 is 1.56 bits per heavy atom. The highest BCUT2D eigenvalue weighted by Gasteiger charge is 2.21. The summed E-state index contributed by atoms with van der Waals surface area (Å²) >= 11 is 0. The Labute approximate surface area is 107 Å². The lowest BCUT2D eigenvalue weighted by atomic mass is 10.2. The maximum atomic E-state index is 11.7. The average Bonchev–Trinajstić information content (AvgIpc) is 2.34. The predicted molar refractivity (Wildman–Crippen MR) is 67.7 cm³/mol. The van der Waals surface area contributed by atoms with E-state index in [9.17, 15) is 4.79 Å². The molecule has 1 aromatic heterocycles. The normalized spacial score (nSPS) is 10.6. The first-order valence-corrected chi connectivity index (χ1v) is 5.80. The molecular weight excluding hydrogens is 234 g/mol.